The Bertz CT molecular complexity index is 469. The molecule has 0 bridgehead atoms. The maximum absolute atomic E-state index is 12.1. The maximum atomic E-state index is 12.1. The predicted molar refractivity (Wildman–Crippen MR) is 83.8 cm³/mol. The van der Waals surface area contributed by atoms with Crippen LogP contribution in [0, 0.1) is 5.41 Å². The SMILES string of the molecule is COc1ccc(O)c(C(=O)NCC(Br)CC(C)(C)C)c1. The van der Waals surface area contributed by atoms with Gasteiger partial charge in [0.25, 0.3) is 5.91 Å². The fraction of sp³-hybridized carbons (Fsp3) is 0.533. The van der Waals surface area contributed by atoms with Crippen LogP contribution in [-0.4, -0.2) is 29.5 Å². The molecule has 0 aliphatic rings. The van der Waals surface area contributed by atoms with Gasteiger partial charge in [0.2, 0.25) is 0 Å². The van der Waals surface area contributed by atoms with Crippen LogP contribution >= 0.6 is 15.9 Å². The third-order valence-corrected chi connectivity index (χ3v) is 3.41. The average Bonchev–Trinajstić information content (AvgIpc) is 2.34. The lowest BCUT2D eigenvalue weighted by atomic mass is 9.90. The van der Waals surface area contributed by atoms with Gasteiger partial charge in [0.15, 0.2) is 0 Å². The Morgan fingerprint density at radius 2 is 2.10 bits per heavy atom. The van der Waals surface area contributed by atoms with Gasteiger partial charge in [0, 0.05) is 11.4 Å². The molecule has 0 aliphatic carbocycles. The second kappa shape index (κ2) is 6.97. The third-order valence-electron chi connectivity index (χ3n) is 2.77. The molecule has 1 atom stereocenters. The van der Waals surface area contributed by atoms with E-state index in [-0.39, 0.29) is 27.5 Å². The van der Waals surface area contributed by atoms with Gasteiger partial charge in [-0.15, -0.1) is 0 Å². The summed E-state index contributed by atoms with van der Waals surface area (Å²) in [6, 6.07) is 4.59. The van der Waals surface area contributed by atoms with E-state index >= 15 is 0 Å². The fourth-order valence-electron chi connectivity index (χ4n) is 1.86. The van der Waals surface area contributed by atoms with E-state index in [0.29, 0.717) is 12.3 Å². The number of hydrogen-bond donors (Lipinski definition) is 2. The lowest BCUT2D eigenvalue weighted by Gasteiger charge is -2.22. The smallest absolute Gasteiger partial charge is 0.255 e. The van der Waals surface area contributed by atoms with Crippen molar-refractivity contribution in [1.29, 1.82) is 0 Å². The Labute approximate surface area is 128 Å². The topological polar surface area (TPSA) is 58.6 Å². The lowest BCUT2D eigenvalue weighted by molar-refractivity contribution is 0.0949. The minimum atomic E-state index is -0.306. The zero-order chi connectivity index (χ0) is 15.3. The summed E-state index contributed by atoms with van der Waals surface area (Å²) in [5.74, 6) is 0.183. The number of carbonyl (C=O) groups is 1. The van der Waals surface area contributed by atoms with E-state index in [1.807, 2.05) is 0 Å². The highest BCUT2D eigenvalue weighted by Gasteiger charge is 2.18. The maximum Gasteiger partial charge on any atom is 0.255 e. The molecule has 0 fully saturated rings. The van der Waals surface area contributed by atoms with Crippen LogP contribution in [0.5, 0.6) is 11.5 Å². The molecular formula is C15H22BrNO3. The van der Waals surface area contributed by atoms with Crippen LogP contribution in [0.2, 0.25) is 0 Å². The largest absolute Gasteiger partial charge is 0.507 e. The van der Waals surface area contributed by atoms with Crippen LogP contribution in [0.3, 0.4) is 0 Å². The van der Waals surface area contributed by atoms with Crippen LogP contribution in [0.4, 0.5) is 0 Å². The standard InChI is InChI=1S/C15H22BrNO3/c1-15(2,3)8-10(16)9-17-14(19)12-7-11(20-4)5-6-13(12)18/h5-7,10,18H,8-9H2,1-4H3,(H,17,19). The van der Waals surface area contributed by atoms with Crippen LogP contribution in [-0.2, 0) is 0 Å². The lowest BCUT2D eigenvalue weighted by Crippen LogP contribution is -2.31. The molecule has 1 aromatic carbocycles. The number of phenolic OH excluding ortho intramolecular Hbond substituents is 1. The Hall–Kier alpha value is -1.23. The molecule has 20 heavy (non-hydrogen) atoms. The molecule has 0 aromatic heterocycles. The molecule has 112 valence electrons. The van der Waals surface area contributed by atoms with E-state index < -0.39 is 0 Å². The van der Waals surface area contributed by atoms with Gasteiger partial charge in [-0.05, 0) is 30.0 Å². The highest BCUT2D eigenvalue weighted by Crippen LogP contribution is 2.25. The number of rotatable bonds is 5. The van der Waals surface area contributed by atoms with E-state index in [1.165, 1.54) is 19.2 Å². The average molecular weight is 344 g/mol. The molecule has 2 N–H and O–H groups in total. The first-order valence-corrected chi connectivity index (χ1v) is 7.44. The first kappa shape index (κ1) is 16.8. The van der Waals surface area contributed by atoms with Crippen LogP contribution in [0.1, 0.15) is 37.6 Å². The van der Waals surface area contributed by atoms with E-state index in [1.54, 1.807) is 6.07 Å². The zero-order valence-electron chi connectivity index (χ0n) is 12.4. The number of benzene rings is 1. The Kier molecular flexibility index (Phi) is 5.87. The summed E-state index contributed by atoms with van der Waals surface area (Å²) in [5, 5.41) is 12.5. The zero-order valence-corrected chi connectivity index (χ0v) is 14.0. The first-order chi connectivity index (χ1) is 9.23. The van der Waals surface area contributed by atoms with Gasteiger partial charge >= 0.3 is 0 Å². The molecule has 0 spiro atoms. The number of methoxy groups -OCH3 is 1. The summed E-state index contributed by atoms with van der Waals surface area (Å²) in [6.07, 6.45) is 0.942. The van der Waals surface area contributed by atoms with Crippen molar-refractivity contribution in [2.75, 3.05) is 13.7 Å². The van der Waals surface area contributed by atoms with Gasteiger partial charge in [-0.1, -0.05) is 36.7 Å². The van der Waals surface area contributed by atoms with Crippen molar-refractivity contribution >= 4 is 21.8 Å². The number of ether oxygens (including phenoxy) is 1. The Morgan fingerprint density at radius 1 is 1.45 bits per heavy atom. The number of hydrogen-bond acceptors (Lipinski definition) is 3. The van der Waals surface area contributed by atoms with Gasteiger partial charge in [0.05, 0.1) is 12.7 Å². The first-order valence-electron chi connectivity index (χ1n) is 6.52. The molecule has 0 saturated carbocycles. The van der Waals surface area contributed by atoms with Gasteiger partial charge in [-0.25, -0.2) is 0 Å². The third kappa shape index (κ3) is 5.41. The number of carbonyl (C=O) groups excluding carboxylic acids is 1. The van der Waals surface area contributed by atoms with Gasteiger partial charge in [0.1, 0.15) is 11.5 Å². The molecule has 1 rings (SSSR count). The minimum Gasteiger partial charge on any atom is -0.507 e. The fourth-order valence-corrected chi connectivity index (χ4v) is 2.99. The Balaban J connectivity index is 2.63. The number of alkyl halides is 1. The minimum absolute atomic E-state index is 0.0507. The highest BCUT2D eigenvalue weighted by atomic mass is 79.9. The molecule has 0 heterocycles. The van der Waals surface area contributed by atoms with Crippen molar-refractivity contribution < 1.29 is 14.6 Å². The number of phenols is 1. The number of halogens is 1. The monoisotopic (exact) mass is 343 g/mol. The van der Waals surface area contributed by atoms with Crippen LogP contribution < -0.4 is 10.1 Å². The summed E-state index contributed by atoms with van der Waals surface area (Å²) in [4.78, 5) is 12.2. The summed E-state index contributed by atoms with van der Waals surface area (Å²) in [6.45, 7) is 6.96. The number of nitrogens with one attached hydrogen (secondary N) is 1. The Morgan fingerprint density at radius 3 is 2.65 bits per heavy atom. The van der Waals surface area contributed by atoms with Crippen molar-refractivity contribution in [2.24, 2.45) is 5.41 Å². The van der Waals surface area contributed by atoms with Crippen LogP contribution in [0.15, 0.2) is 18.2 Å². The quantitative estimate of drug-likeness (QED) is 0.806. The summed E-state index contributed by atoms with van der Waals surface area (Å²) in [5.41, 5.74) is 0.414. The highest BCUT2D eigenvalue weighted by molar-refractivity contribution is 9.09. The normalized spacial score (nSPS) is 12.8. The van der Waals surface area contributed by atoms with Gasteiger partial charge < -0.3 is 15.2 Å². The van der Waals surface area contributed by atoms with Crippen molar-refractivity contribution in [3.63, 3.8) is 0 Å². The van der Waals surface area contributed by atoms with Crippen molar-refractivity contribution in [3.05, 3.63) is 23.8 Å². The molecule has 1 aromatic rings. The van der Waals surface area contributed by atoms with Crippen LogP contribution in [0.25, 0.3) is 0 Å². The molecule has 4 nitrogen and oxygen atoms in total. The van der Waals surface area contributed by atoms with Crippen molar-refractivity contribution in [1.82, 2.24) is 5.32 Å². The molecular weight excluding hydrogens is 322 g/mol. The van der Waals surface area contributed by atoms with Crippen molar-refractivity contribution in [3.8, 4) is 11.5 Å². The van der Waals surface area contributed by atoms with Gasteiger partial charge in [-0.2, -0.15) is 0 Å². The second-order valence-electron chi connectivity index (χ2n) is 5.96. The number of amides is 1. The van der Waals surface area contributed by atoms with E-state index in [9.17, 15) is 9.90 Å². The van der Waals surface area contributed by atoms with E-state index in [4.69, 9.17) is 4.74 Å². The molecule has 1 unspecified atom stereocenters. The number of aromatic hydroxyl groups is 1. The predicted octanol–water partition coefficient (Wildman–Crippen LogP) is 3.33. The molecule has 0 radical (unpaired) electrons. The summed E-state index contributed by atoms with van der Waals surface area (Å²) >= 11 is 3.56. The van der Waals surface area contributed by atoms with Crippen molar-refractivity contribution in [2.45, 2.75) is 32.0 Å². The molecule has 0 saturated heterocycles. The second-order valence-corrected chi connectivity index (χ2v) is 7.25. The summed E-state index contributed by atoms with van der Waals surface area (Å²) < 4.78 is 5.05. The molecule has 0 aliphatic heterocycles. The molecule has 5 heteroatoms. The molecule has 1 amide bonds. The summed E-state index contributed by atoms with van der Waals surface area (Å²) in [7, 11) is 1.52. The van der Waals surface area contributed by atoms with E-state index in [0.717, 1.165) is 6.42 Å². The van der Waals surface area contributed by atoms with Gasteiger partial charge in [-0.3, -0.25) is 4.79 Å². The van der Waals surface area contributed by atoms with E-state index in [2.05, 4.69) is 42.0 Å².